The molecule has 3 rings (SSSR count). The van der Waals surface area contributed by atoms with Crippen LogP contribution < -0.4 is 5.32 Å². The molecule has 0 radical (unpaired) electrons. The molecule has 0 atom stereocenters. The SMILES string of the molecule is COC(=O)/C=C1\C(=O)C(c2ccccc2)=NN1C(=S)Nc1ccccc1. The number of carbonyl (C=O) groups is 2. The van der Waals surface area contributed by atoms with Gasteiger partial charge in [-0.05, 0) is 24.4 Å². The number of rotatable bonds is 3. The molecule has 0 aromatic heterocycles. The summed E-state index contributed by atoms with van der Waals surface area (Å²) in [4.78, 5) is 24.5. The van der Waals surface area contributed by atoms with Crippen LogP contribution in [0.5, 0.6) is 0 Å². The van der Waals surface area contributed by atoms with Crippen molar-refractivity contribution in [1.82, 2.24) is 5.01 Å². The first-order valence-electron chi connectivity index (χ1n) is 7.74. The average Bonchev–Trinajstić information content (AvgIpc) is 3.00. The summed E-state index contributed by atoms with van der Waals surface area (Å²) in [5, 5.41) is 8.74. The van der Waals surface area contributed by atoms with Gasteiger partial charge in [-0.2, -0.15) is 5.10 Å². The summed E-state index contributed by atoms with van der Waals surface area (Å²) in [5.41, 5.74) is 1.62. The third-order valence-corrected chi connectivity index (χ3v) is 3.87. The van der Waals surface area contributed by atoms with Crippen LogP contribution in [0.2, 0.25) is 0 Å². The van der Waals surface area contributed by atoms with Gasteiger partial charge in [-0.15, -0.1) is 0 Å². The number of ether oxygens (including phenoxy) is 1. The van der Waals surface area contributed by atoms with E-state index in [0.29, 0.717) is 5.56 Å². The molecule has 0 amide bonds. The molecule has 0 spiro atoms. The van der Waals surface area contributed by atoms with E-state index >= 15 is 0 Å². The van der Waals surface area contributed by atoms with Gasteiger partial charge in [0.2, 0.25) is 5.78 Å². The standard InChI is InChI=1S/C19H15N3O3S/c1-25-16(23)12-15-18(24)17(13-8-4-2-5-9-13)21-22(15)19(26)20-14-10-6-3-7-11-14/h2-12H,1H3,(H,20,26)/b15-12+. The van der Waals surface area contributed by atoms with Gasteiger partial charge in [0.1, 0.15) is 11.4 Å². The van der Waals surface area contributed by atoms with E-state index in [4.69, 9.17) is 12.2 Å². The molecule has 0 unspecified atom stereocenters. The fraction of sp³-hybridized carbons (Fsp3) is 0.0526. The van der Waals surface area contributed by atoms with E-state index in [2.05, 4.69) is 15.2 Å². The van der Waals surface area contributed by atoms with Crippen molar-refractivity contribution >= 4 is 40.5 Å². The number of nitrogens with zero attached hydrogens (tertiary/aromatic N) is 2. The molecular weight excluding hydrogens is 350 g/mol. The first kappa shape index (κ1) is 17.5. The lowest BCUT2D eigenvalue weighted by atomic mass is 10.1. The number of allylic oxidation sites excluding steroid dienone is 1. The molecule has 2 aromatic rings. The minimum absolute atomic E-state index is 0.0316. The summed E-state index contributed by atoms with van der Waals surface area (Å²) >= 11 is 5.38. The molecule has 6 nitrogen and oxygen atoms in total. The highest BCUT2D eigenvalue weighted by Crippen LogP contribution is 2.22. The number of hydrazone groups is 1. The molecule has 2 aromatic carbocycles. The summed E-state index contributed by atoms with van der Waals surface area (Å²) < 4.78 is 4.64. The zero-order valence-corrected chi connectivity index (χ0v) is 14.7. The highest BCUT2D eigenvalue weighted by atomic mass is 32.1. The Labute approximate surface area is 155 Å². The highest BCUT2D eigenvalue weighted by molar-refractivity contribution is 7.80. The summed E-state index contributed by atoms with van der Waals surface area (Å²) in [5.74, 6) is -1.07. The highest BCUT2D eigenvalue weighted by Gasteiger charge is 2.34. The van der Waals surface area contributed by atoms with Crippen LogP contribution in [0.1, 0.15) is 5.56 Å². The molecular formula is C19H15N3O3S. The minimum atomic E-state index is -0.662. The lowest BCUT2D eigenvalue weighted by Crippen LogP contribution is -2.29. The van der Waals surface area contributed by atoms with Crippen molar-refractivity contribution in [3.05, 3.63) is 78.0 Å². The van der Waals surface area contributed by atoms with Gasteiger partial charge in [-0.25, -0.2) is 9.80 Å². The van der Waals surface area contributed by atoms with E-state index < -0.39 is 11.8 Å². The number of anilines is 1. The Hall–Kier alpha value is -3.32. The number of hydrogen-bond acceptors (Lipinski definition) is 5. The molecule has 26 heavy (non-hydrogen) atoms. The molecule has 1 heterocycles. The molecule has 130 valence electrons. The van der Waals surface area contributed by atoms with Gasteiger partial charge in [-0.3, -0.25) is 4.79 Å². The van der Waals surface area contributed by atoms with Gasteiger partial charge in [0.25, 0.3) is 0 Å². The molecule has 0 saturated carbocycles. The number of esters is 1. The zero-order chi connectivity index (χ0) is 18.5. The molecule has 1 aliphatic rings. The number of Topliss-reactive ketones (excluding diaryl/α,β-unsaturated/α-hetero) is 1. The summed E-state index contributed by atoms with van der Waals surface area (Å²) in [6.07, 6.45) is 1.08. The molecule has 1 aliphatic heterocycles. The second-order valence-corrected chi connectivity index (χ2v) is 5.69. The van der Waals surface area contributed by atoms with Gasteiger partial charge >= 0.3 is 5.97 Å². The van der Waals surface area contributed by atoms with Crippen LogP contribution in [-0.4, -0.2) is 34.7 Å². The van der Waals surface area contributed by atoms with Crippen LogP contribution in [0.25, 0.3) is 0 Å². The van der Waals surface area contributed by atoms with Gasteiger partial charge in [0, 0.05) is 11.3 Å². The van der Waals surface area contributed by atoms with Crippen molar-refractivity contribution in [2.45, 2.75) is 0 Å². The van der Waals surface area contributed by atoms with Crippen molar-refractivity contribution in [3.63, 3.8) is 0 Å². The number of thiocarbonyl (C=S) groups is 1. The van der Waals surface area contributed by atoms with Crippen molar-refractivity contribution in [1.29, 1.82) is 0 Å². The van der Waals surface area contributed by atoms with Crippen LogP contribution in [0.3, 0.4) is 0 Å². The quantitative estimate of drug-likeness (QED) is 0.512. The number of carbonyl (C=O) groups excluding carboxylic acids is 2. The first-order chi connectivity index (χ1) is 12.6. The third-order valence-electron chi connectivity index (χ3n) is 3.60. The second kappa shape index (κ2) is 7.71. The fourth-order valence-electron chi connectivity index (χ4n) is 2.35. The number of hydrogen-bond donors (Lipinski definition) is 1. The predicted molar refractivity (Wildman–Crippen MR) is 103 cm³/mol. The first-order valence-corrected chi connectivity index (χ1v) is 8.15. The van der Waals surface area contributed by atoms with E-state index in [0.717, 1.165) is 11.8 Å². The van der Waals surface area contributed by atoms with Gasteiger partial charge in [0.15, 0.2) is 5.11 Å². The Kier molecular flexibility index (Phi) is 5.19. The van der Waals surface area contributed by atoms with Crippen LogP contribution >= 0.6 is 12.2 Å². The predicted octanol–water partition coefficient (Wildman–Crippen LogP) is 2.73. The smallest absolute Gasteiger partial charge is 0.332 e. The molecule has 7 heteroatoms. The summed E-state index contributed by atoms with van der Waals surface area (Å²) in [7, 11) is 1.24. The van der Waals surface area contributed by atoms with E-state index in [1.54, 1.807) is 24.3 Å². The lowest BCUT2D eigenvalue weighted by molar-refractivity contribution is -0.135. The maximum absolute atomic E-state index is 12.8. The molecule has 0 fully saturated rings. The monoisotopic (exact) mass is 365 g/mol. The normalized spacial score (nSPS) is 15.0. The van der Waals surface area contributed by atoms with Gasteiger partial charge < -0.3 is 10.1 Å². The van der Waals surface area contributed by atoms with E-state index in [1.807, 2.05) is 36.4 Å². The second-order valence-electron chi connectivity index (χ2n) is 5.30. The van der Waals surface area contributed by atoms with Crippen molar-refractivity contribution < 1.29 is 14.3 Å². The molecule has 1 N–H and O–H groups in total. The van der Waals surface area contributed by atoms with Crippen molar-refractivity contribution in [2.24, 2.45) is 5.10 Å². The largest absolute Gasteiger partial charge is 0.466 e. The summed E-state index contributed by atoms with van der Waals surface area (Å²) in [6, 6.07) is 18.2. The third kappa shape index (κ3) is 3.68. The van der Waals surface area contributed by atoms with Gasteiger partial charge in [-0.1, -0.05) is 48.5 Å². The summed E-state index contributed by atoms with van der Waals surface area (Å²) in [6.45, 7) is 0. The van der Waals surface area contributed by atoms with Crippen molar-refractivity contribution in [2.75, 3.05) is 12.4 Å². The van der Waals surface area contributed by atoms with Crippen LogP contribution in [0.15, 0.2) is 77.5 Å². The zero-order valence-electron chi connectivity index (χ0n) is 13.9. The van der Waals surface area contributed by atoms with E-state index in [-0.39, 0.29) is 16.5 Å². The molecule has 0 bridgehead atoms. The topological polar surface area (TPSA) is 71.0 Å². The number of benzene rings is 2. The average molecular weight is 365 g/mol. The van der Waals surface area contributed by atoms with Crippen LogP contribution in [0.4, 0.5) is 5.69 Å². The van der Waals surface area contributed by atoms with Gasteiger partial charge in [0.05, 0.1) is 13.2 Å². The van der Waals surface area contributed by atoms with E-state index in [1.165, 1.54) is 12.1 Å². The number of para-hydroxylation sites is 1. The Morgan fingerprint density at radius 2 is 1.73 bits per heavy atom. The van der Waals surface area contributed by atoms with Crippen LogP contribution in [0, 0.1) is 0 Å². The Morgan fingerprint density at radius 3 is 2.35 bits per heavy atom. The molecule has 0 aliphatic carbocycles. The fourth-order valence-corrected chi connectivity index (χ4v) is 2.61. The Morgan fingerprint density at radius 1 is 1.12 bits per heavy atom. The number of methoxy groups -OCH3 is 1. The van der Waals surface area contributed by atoms with Crippen LogP contribution in [-0.2, 0) is 14.3 Å². The Balaban J connectivity index is 1.96. The minimum Gasteiger partial charge on any atom is -0.466 e. The number of nitrogens with one attached hydrogen (secondary N) is 1. The molecule has 0 saturated heterocycles. The van der Waals surface area contributed by atoms with Crippen molar-refractivity contribution in [3.8, 4) is 0 Å². The number of ketones is 1. The maximum Gasteiger partial charge on any atom is 0.332 e. The lowest BCUT2D eigenvalue weighted by Gasteiger charge is -2.17. The van der Waals surface area contributed by atoms with E-state index in [9.17, 15) is 9.59 Å². The Bertz CT molecular complexity index is 908. The maximum atomic E-state index is 12.8.